The number of carbonyl (C=O) groups excluding carboxylic acids is 3. The minimum absolute atomic E-state index is 0.0811. The predicted molar refractivity (Wildman–Crippen MR) is 107 cm³/mol. The van der Waals surface area contributed by atoms with Crippen LogP contribution in [0.3, 0.4) is 0 Å². The number of para-hydroxylation sites is 1. The first-order valence-corrected chi connectivity index (χ1v) is 10.2. The van der Waals surface area contributed by atoms with Crippen LogP contribution in [0.1, 0.15) is 24.0 Å². The fraction of sp³-hybridized carbons (Fsp3) is 0.348. The van der Waals surface area contributed by atoms with Crippen LogP contribution in [0.5, 0.6) is 0 Å². The molecule has 1 N–H and O–H groups in total. The maximum atomic E-state index is 13.7. The van der Waals surface area contributed by atoms with Crippen molar-refractivity contribution in [1.29, 1.82) is 0 Å². The zero-order valence-electron chi connectivity index (χ0n) is 16.1. The van der Waals surface area contributed by atoms with Crippen molar-refractivity contribution in [3.8, 4) is 0 Å². The van der Waals surface area contributed by atoms with Crippen LogP contribution < -0.4 is 10.2 Å². The Balaban J connectivity index is 1.58. The third-order valence-electron chi connectivity index (χ3n) is 7.16. The first kappa shape index (κ1) is 16.9. The molecular weight excluding hydrogens is 366 g/mol. The van der Waals surface area contributed by atoms with Gasteiger partial charge in [0.25, 0.3) is 0 Å². The molecule has 146 valence electrons. The summed E-state index contributed by atoms with van der Waals surface area (Å²) in [7, 11) is 0. The highest BCUT2D eigenvalue weighted by atomic mass is 16.2. The van der Waals surface area contributed by atoms with Gasteiger partial charge in [0.15, 0.2) is 0 Å². The van der Waals surface area contributed by atoms with Crippen molar-refractivity contribution in [2.75, 3.05) is 16.8 Å². The quantitative estimate of drug-likeness (QED) is 0.763. The SMILES string of the molecule is Cc1ccc2c(c1)[C@]1(C(=O)N2)[C@@H]2C(=O)N(c3ccccc3)C(=O)[C@@H]2[C@@H]2CCCN21. The Kier molecular flexibility index (Phi) is 3.23. The molecule has 0 saturated carbocycles. The van der Waals surface area contributed by atoms with E-state index < -0.39 is 17.4 Å². The molecule has 4 heterocycles. The summed E-state index contributed by atoms with van der Waals surface area (Å²) in [6.45, 7) is 2.72. The predicted octanol–water partition coefficient (Wildman–Crippen LogP) is 2.43. The molecule has 0 aliphatic carbocycles. The van der Waals surface area contributed by atoms with Crippen molar-refractivity contribution in [2.45, 2.75) is 31.3 Å². The monoisotopic (exact) mass is 387 g/mol. The fourth-order valence-electron chi connectivity index (χ4n) is 6.15. The van der Waals surface area contributed by atoms with Crippen LogP contribution in [-0.4, -0.2) is 35.2 Å². The first-order chi connectivity index (χ1) is 14.0. The second-order valence-electron chi connectivity index (χ2n) is 8.52. The highest BCUT2D eigenvalue weighted by molar-refractivity contribution is 6.25. The lowest BCUT2D eigenvalue weighted by Crippen LogP contribution is -2.54. The molecule has 2 aromatic rings. The fourth-order valence-corrected chi connectivity index (χ4v) is 6.15. The maximum absolute atomic E-state index is 13.7. The van der Waals surface area contributed by atoms with Gasteiger partial charge >= 0.3 is 0 Å². The normalized spacial score (nSPS) is 32.7. The van der Waals surface area contributed by atoms with Gasteiger partial charge in [-0.2, -0.15) is 0 Å². The Morgan fingerprint density at radius 1 is 1.03 bits per heavy atom. The van der Waals surface area contributed by atoms with Crippen molar-refractivity contribution >= 4 is 29.1 Å². The van der Waals surface area contributed by atoms with Gasteiger partial charge in [-0.15, -0.1) is 0 Å². The number of hydrogen-bond donors (Lipinski definition) is 1. The number of imide groups is 1. The number of benzene rings is 2. The number of aryl methyl sites for hydroxylation is 1. The first-order valence-electron chi connectivity index (χ1n) is 10.2. The van der Waals surface area contributed by atoms with Crippen LogP contribution in [0, 0.1) is 18.8 Å². The average molecular weight is 387 g/mol. The average Bonchev–Trinajstić information content (AvgIpc) is 3.41. The van der Waals surface area contributed by atoms with Crippen molar-refractivity contribution in [1.82, 2.24) is 4.90 Å². The molecule has 29 heavy (non-hydrogen) atoms. The molecule has 1 spiro atoms. The molecule has 6 rings (SSSR count). The van der Waals surface area contributed by atoms with Crippen LogP contribution in [-0.2, 0) is 19.9 Å². The van der Waals surface area contributed by atoms with Crippen LogP contribution >= 0.6 is 0 Å². The standard InChI is InChI=1S/C23H21N3O3/c1-13-9-10-16-15(12-13)23(22(29)24-16)19-18(17-8-5-11-25(17)23)20(27)26(21(19)28)14-6-3-2-4-7-14/h2-4,6-7,9-10,12,17-19H,5,8,11H2,1H3,(H,24,29)/t17-,18+,19-,23+/m0/s1. The number of carbonyl (C=O) groups is 3. The smallest absolute Gasteiger partial charge is 0.250 e. The lowest BCUT2D eigenvalue weighted by molar-refractivity contribution is -0.135. The van der Waals surface area contributed by atoms with Crippen LogP contribution in [0.4, 0.5) is 11.4 Å². The van der Waals surface area contributed by atoms with Crippen molar-refractivity contribution < 1.29 is 14.4 Å². The molecule has 3 fully saturated rings. The molecule has 6 heteroatoms. The van der Waals surface area contributed by atoms with E-state index in [4.69, 9.17) is 0 Å². The molecule has 4 atom stereocenters. The molecule has 2 aromatic carbocycles. The van der Waals surface area contributed by atoms with Gasteiger partial charge in [0.2, 0.25) is 17.7 Å². The number of nitrogens with one attached hydrogen (secondary N) is 1. The van der Waals surface area contributed by atoms with Gasteiger partial charge in [0, 0.05) is 17.3 Å². The van der Waals surface area contributed by atoms with Gasteiger partial charge in [0.05, 0.1) is 17.5 Å². The Hall–Kier alpha value is -2.99. The zero-order chi connectivity index (χ0) is 19.9. The summed E-state index contributed by atoms with van der Waals surface area (Å²) in [5.74, 6) is -1.78. The molecule has 4 aliphatic rings. The maximum Gasteiger partial charge on any atom is 0.250 e. The minimum atomic E-state index is -1.09. The summed E-state index contributed by atoms with van der Waals surface area (Å²) in [6.07, 6.45) is 1.76. The summed E-state index contributed by atoms with van der Waals surface area (Å²) in [5, 5.41) is 3.01. The molecule has 3 amide bonds. The molecule has 0 radical (unpaired) electrons. The summed E-state index contributed by atoms with van der Waals surface area (Å²) < 4.78 is 0. The largest absolute Gasteiger partial charge is 0.324 e. The van der Waals surface area contributed by atoms with E-state index in [2.05, 4.69) is 10.2 Å². The number of rotatable bonds is 1. The van der Waals surface area contributed by atoms with Crippen molar-refractivity contribution in [3.63, 3.8) is 0 Å². The van der Waals surface area contributed by atoms with E-state index in [1.165, 1.54) is 4.90 Å². The highest BCUT2D eigenvalue weighted by Gasteiger charge is 2.74. The highest BCUT2D eigenvalue weighted by Crippen LogP contribution is 2.60. The van der Waals surface area contributed by atoms with Crippen LogP contribution in [0.15, 0.2) is 48.5 Å². The molecule has 0 bridgehead atoms. The van der Waals surface area contributed by atoms with Crippen molar-refractivity contribution in [3.05, 3.63) is 59.7 Å². The van der Waals surface area contributed by atoms with Gasteiger partial charge in [-0.3, -0.25) is 19.3 Å². The third kappa shape index (κ3) is 1.88. The molecule has 0 unspecified atom stereocenters. The Morgan fingerprint density at radius 3 is 2.62 bits per heavy atom. The lowest BCUT2D eigenvalue weighted by atomic mass is 9.75. The van der Waals surface area contributed by atoms with Gasteiger partial charge in [0.1, 0.15) is 5.54 Å². The number of hydrogen-bond acceptors (Lipinski definition) is 4. The van der Waals surface area contributed by atoms with E-state index >= 15 is 0 Å². The zero-order valence-corrected chi connectivity index (χ0v) is 16.1. The van der Waals surface area contributed by atoms with E-state index in [0.717, 1.165) is 36.2 Å². The van der Waals surface area contributed by atoms with Crippen LogP contribution in [0.2, 0.25) is 0 Å². The summed E-state index contributed by atoms with van der Waals surface area (Å²) >= 11 is 0. The summed E-state index contributed by atoms with van der Waals surface area (Å²) in [6, 6.07) is 14.9. The molecule has 3 saturated heterocycles. The van der Waals surface area contributed by atoms with E-state index in [1.54, 1.807) is 12.1 Å². The molecule has 0 aromatic heterocycles. The second kappa shape index (κ2) is 5.54. The summed E-state index contributed by atoms with van der Waals surface area (Å²) in [5.41, 5.74) is 2.13. The third-order valence-corrected chi connectivity index (χ3v) is 7.16. The van der Waals surface area contributed by atoms with E-state index in [-0.39, 0.29) is 23.8 Å². The number of nitrogens with zero attached hydrogens (tertiary/aromatic N) is 2. The van der Waals surface area contributed by atoms with E-state index in [0.29, 0.717) is 5.69 Å². The van der Waals surface area contributed by atoms with Gasteiger partial charge in [-0.1, -0.05) is 35.9 Å². The number of anilines is 2. The number of amides is 3. The van der Waals surface area contributed by atoms with Gasteiger partial charge in [-0.25, -0.2) is 4.90 Å². The van der Waals surface area contributed by atoms with Gasteiger partial charge in [-0.05, 0) is 44.5 Å². The van der Waals surface area contributed by atoms with E-state index in [1.807, 2.05) is 43.3 Å². The number of fused-ring (bicyclic) bond motifs is 7. The Bertz CT molecular complexity index is 1080. The Labute approximate surface area is 168 Å². The summed E-state index contributed by atoms with van der Waals surface area (Å²) in [4.78, 5) is 44.2. The van der Waals surface area contributed by atoms with E-state index in [9.17, 15) is 14.4 Å². The molecule has 6 nitrogen and oxygen atoms in total. The topological polar surface area (TPSA) is 69.7 Å². The van der Waals surface area contributed by atoms with Crippen LogP contribution in [0.25, 0.3) is 0 Å². The van der Waals surface area contributed by atoms with Crippen molar-refractivity contribution in [2.24, 2.45) is 11.8 Å². The Morgan fingerprint density at radius 2 is 1.83 bits per heavy atom. The second-order valence-corrected chi connectivity index (χ2v) is 8.52. The molecular formula is C23H21N3O3. The molecule has 4 aliphatic heterocycles. The van der Waals surface area contributed by atoms with Gasteiger partial charge < -0.3 is 5.32 Å². The lowest BCUT2D eigenvalue weighted by Gasteiger charge is -2.36. The minimum Gasteiger partial charge on any atom is -0.324 e.